The van der Waals surface area contributed by atoms with Crippen molar-refractivity contribution in [2.45, 2.75) is 70.4 Å². The second-order valence-corrected chi connectivity index (χ2v) is 7.55. The Balaban J connectivity index is 1.33. The number of carbonyl (C=O) groups is 2. The first kappa shape index (κ1) is 16.5. The molecule has 1 aromatic heterocycles. The van der Waals surface area contributed by atoms with E-state index in [-0.39, 0.29) is 17.7 Å². The largest absolute Gasteiger partial charge is 0.349 e. The summed E-state index contributed by atoms with van der Waals surface area (Å²) >= 11 is 0. The van der Waals surface area contributed by atoms with Crippen LogP contribution in [0.5, 0.6) is 0 Å². The number of hydrogen-bond donors (Lipinski definition) is 1. The lowest BCUT2D eigenvalue weighted by atomic mass is 9.95. The number of piperidine rings is 1. The van der Waals surface area contributed by atoms with Gasteiger partial charge < -0.3 is 10.2 Å². The summed E-state index contributed by atoms with van der Waals surface area (Å²) in [5.74, 6) is 0.832. The Morgan fingerprint density at radius 1 is 1.16 bits per heavy atom. The van der Waals surface area contributed by atoms with E-state index in [0.29, 0.717) is 37.8 Å². The second-order valence-electron chi connectivity index (χ2n) is 7.55. The summed E-state index contributed by atoms with van der Waals surface area (Å²) in [6.07, 6.45) is 10.8. The van der Waals surface area contributed by atoms with E-state index in [1.807, 2.05) is 11.1 Å². The lowest BCUT2D eigenvalue weighted by Gasteiger charge is -2.36. The molecule has 1 atom stereocenters. The Hall–Kier alpha value is -1.98. The van der Waals surface area contributed by atoms with Crippen molar-refractivity contribution in [3.8, 4) is 0 Å². The maximum Gasteiger partial charge on any atom is 0.225 e. The van der Waals surface area contributed by atoms with Crippen LogP contribution in [0, 0.1) is 5.92 Å². The predicted octanol–water partition coefficient (Wildman–Crippen LogP) is 1.76. The van der Waals surface area contributed by atoms with Crippen LogP contribution in [-0.4, -0.2) is 39.3 Å². The standard InChI is InChI=1S/C19H26N4O2/c24-18-9-8-14(12-23(18)15-5-1-2-6-15)19(25)21-11-17-20-10-13-4-3-7-16(13)22-17/h10,14-15H,1-9,11-12H2,(H,21,25). The predicted molar refractivity (Wildman–Crippen MR) is 92.6 cm³/mol. The topological polar surface area (TPSA) is 75.2 Å². The number of carbonyl (C=O) groups excluding carboxylic acids is 2. The van der Waals surface area contributed by atoms with Crippen LogP contribution in [0.1, 0.15) is 62.0 Å². The summed E-state index contributed by atoms with van der Waals surface area (Å²) in [7, 11) is 0. The Labute approximate surface area is 148 Å². The number of rotatable bonds is 4. The van der Waals surface area contributed by atoms with Gasteiger partial charge in [-0.25, -0.2) is 9.97 Å². The molecule has 2 heterocycles. The van der Waals surface area contributed by atoms with E-state index in [1.54, 1.807) is 0 Å². The van der Waals surface area contributed by atoms with Gasteiger partial charge in [-0.2, -0.15) is 0 Å². The molecule has 6 heteroatoms. The minimum absolute atomic E-state index is 0.0274. The van der Waals surface area contributed by atoms with Gasteiger partial charge in [0.25, 0.3) is 0 Å². The highest BCUT2D eigenvalue weighted by atomic mass is 16.2. The van der Waals surface area contributed by atoms with Crippen LogP contribution in [0.3, 0.4) is 0 Å². The van der Waals surface area contributed by atoms with E-state index in [0.717, 1.165) is 37.8 Å². The molecular weight excluding hydrogens is 316 g/mol. The zero-order chi connectivity index (χ0) is 17.2. The van der Waals surface area contributed by atoms with Crippen LogP contribution < -0.4 is 5.32 Å². The summed E-state index contributed by atoms with van der Waals surface area (Å²) in [4.78, 5) is 35.7. The van der Waals surface area contributed by atoms with E-state index in [2.05, 4.69) is 15.3 Å². The van der Waals surface area contributed by atoms with Gasteiger partial charge in [-0.3, -0.25) is 9.59 Å². The molecule has 1 saturated carbocycles. The van der Waals surface area contributed by atoms with Crippen molar-refractivity contribution in [2.24, 2.45) is 5.92 Å². The molecule has 1 unspecified atom stereocenters. The van der Waals surface area contributed by atoms with E-state index in [9.17, 15) is 9.59 Å². The molecule has 1 aromatic rings. The van der Waals surface area contributed by atoms with Crippen molar-refractivity contribution in [3.05, 3.63) is 23.3 Å². The van der Waals surface area contributed by atoms with Gasteiger partial charge in [-0.05, 0) is 44.1 Å². The van der Waals surface area contributed by atoms with Gasteiger partial charge in [0.1, 0.15) is 5.82 Å². The van der Waals surface area contributed by atoms with Crippen molar-refractivity contribution in [3.63, 3.8) is 0 Å². The average molecular weight is 342 g/mol. The minimum Gasteiger partial charge on any atom is -0.349 e. The lowest BCUT2D eigenvalue weighted by Crippen LogP contribution is -2.49. The third-order valence-electron chi connectivity index (χ3n) is 5.86. The zero-order valence-electron chi connectivity index (χ0n) is 14.7. The molecule has 0 radical (unpaired) electrons. The molecular formula is C19H26N4O2. The highest BCUT2D eigenvalue weighted by Crippen LogP contribution is 2.28. The van der Waals surface area contributed by atoms with Gasteiger partial charge in [0, 0.05) is 30.9 Å². The molecule has 0 spiro atoms. The summed E-state index contributed by atoms with van der Waals surface area (Å²) in [6, 6.07) is 0.350. The molecule has 1 N–H and O–H groups in total. The monoisotopic (exact) mass is 342 g/mol. The van der Waals surface area contributed by atoms with E-state index in [4.69, 9.17) is 0 Å². The van der Waals surface area contributed by atoms with Crippen LogP contribution in [0.4, 0.5) is 0 Å². The number of nitrogens with one attached hydrogen (secondary N) is 1. The molecule has 6 nitrogen and oxygen atoms in total. The lowest BCUT2D eigenvalue weighted by molar-refractivity contribution is -0.140. The third-order valence-corrected chi connectivity index (χ3v) is 5.86. The van der Waals surface area contributed by atoms with E-state index in [1.165, 1.54) is 18.4 Å². The quantitative estimate of drug-likeness (QED) is 0.905. The normalized spacial score (nSPS) is 23.8. The summed E-state index contributed by atoms with van der Waals surface area (Å²) in [5, 5.41) is 2.98. The molecule has 2 fully saturated rings. The Morgan fingerprint density at radius 3 is 2.84 bits per heavy atom. The molecule has 2 aliphatic carbocycles. The van der Waals surface area contributed by atoms with Crippen molar-refractivity contribution in [2.75, 3.05) is 6.54 Å². The fourth-order valence-electron chi connectivity index (χ4n) is 4.41. The van der Waals surface area contributed by atoms with Crippen molar-refractivity contribution in [1.82, 2.24) is 20.2 Å². The molecule has 0 aromatic carbocycles. The zero-order valence-corrected chi connectivity index (χ0v) is 14.7. The minimum atomic E-state index is -0.104. The Morgan fingerprint density at radius 2 is 2.00 bits per heavy atom. The molecule has 4 rings (SSSR count). The van der Waals surface area contributed by atoms with Crippen LogP contribution >= 0.6 is 0 Å². The number of likely N-dealkylation sites (tertiary alicyclic amines) is 1. The van der Waals surface area contributed by atoms with Crippen LogP contribution in [-0.2, 0) is 29.0 Å². The highest BCUT2D eigenvalue weighted by molar-refractivity contribution is 5.84. The smallest absolute Gasteiger partial charge is 0.225 e. The van der Waals surface area contributed by atoms with Gasteiger partial charge >= 0.3 is 0 Å². The molecule has 0 bridgehead atoms. The Kier molecular flexibility index (Phi) is 4.68. The molecule has 1 saturated heterocycles. The van der Waals surface area contributed by atoms with Gasteiger partial charge in [0.05, 0.1) is 12.5 Å². The molecule has 1 aliphatic heterocycles. The van der Waals surface area contributed by atoms with Gasteiger partial charge in [0.2, 0.25) is 11.8 Å². The van der Waals surface area contributed by atoms with E-state index < -0.39 is 0 Å². The summed E-state index contributed by atoms with van der Waals surface area (Å²) in [5.41, 5.74) is 2.38. The van der Waals surface area contributed by atoms with E-state index >= 15 is 0 Å². The number of nitrogens with zero attached hydrogens (tertiary/aromatic N) is 3. The summed E-state index contributed by atoms with van der Waals surface area (Å²) in [6.45, 7) is 0.945. The maximum absolute atomic E-state index is 12.6. The number of fused-ring (bicyclic) bond motifs is 1. The van der Waals surface area contributed by atoms with Crippen LogP contribution in [0.15, 0.2) is 6.20 Å². The van der Waals surface area contributed by atoms with Gasteiger partial charge in [-0.15, -0.1) is 0 Å². The van der Waals surface area contributed by atoms with Crippen molar-refractivity contribution < 1.29 is 9.59 Å². The van der Waals surface area contributed by atoms with Gasteiger partial charge in [-0.1, -0.05) is 12.8 Å². The molecule has 2 amide bonds. The molecule has 25 heavy (non-hydrogen) atoms. The average Bonchev–Trinajstić information content (AvgIpc) is 3.31. The first-order valence-corrected chi connectivity index (χ1v) is 9.61. The number of aromatic nitrogens is 2. The van der Waals surface area contributed by atoms with Crippen LogP contribution in [0.25, 0.3) is 0 Å². The Bertz CT molecular complexity index is 669. The number of hydrogen-bond acceptors (Lipinski definition) is 4. The fraction of sp³-hybridized carbons (Fsp3) is 0.684. The third kappa shape index (κ3) is 3.53. The molecule has 134 valence electrons. The number of aryl methyl sites for hydroxylation is 2. The fourth-order valence-corrected chi connectivity index (χ4v) is 4.41. The van der Waals surface area contributed by atoms with Gasteiger partial charge in [0.15, 0.2) is 0 Å². The second kappa shape index (κ2) is 7.10. The number of amides is 2. The first-order valence-electron chi connectivity index (χ1n) is 9.61. The summed E-state index contributed by atoms with van der Waals surface area (Å²) < 4.78 is 0. The van der Waals surface area contributed by atoms with Crippen molar-refractivity contribution >= 4 is 11.8 Å². The highest BCUT2D eigenvalue weighted by Gasteiger charge is 2.35. The van der Waals surface area contributed by atoms with Crippen LogP contribution in [0.2, 0.25) is 0 Å². The van der Waals surface area contributed by atoms with Crippen molar-refractivity contribution in [1.29, 1.82) is 0 Å². The maximum atomic E-state index is 12.6. The SMILES string of the molecule is O=C(NCc1ncc2c(n1)CCC2)C1CCC(=O)N(C2CCCC2)C1. The molecule has 3 aliphatic rings. The first-order chi connectivity index (χ1) is 12.2.